The molecule has 4 aromatic carbocycles. The normalized spacial score (nSPS) is 11.8. The fraction of sp³-hybridized carbons (Fsp3) is 0.206. The van der Waals surface area contributed by atoms with Crippen LogP contribution in [-0.2, 0) is 17.8 Å². The average molecular weight is 601 g/mol. The maximum absolute atomic E-state index is 13.8. The van der Waals surface area contributed by atoms with Crippen LogP contribution in [0.25, 0.3) is 22.3 Å². The van der Waals surface area contributed by atoms with Gasteiger partial charge in [-0.2, -0.15) is 0 Å². The Bertz CT molecular complexity index is 1790. The van der Waals surface area contributed by atoms with Crippen LogP contribution in [0.3, 0.4) is 0 Å². The molecule has 0 fully saturated rings. The van der Waals surface area contributed by atoms with Crippen molar-refractivity contribution in [3.05, 3.63) is 124 Å². The minimum Gasteiger partial charge on any atom is -0.485 e. The highest BCUT2D eigenvalue weighted by atomic mass is 31.2. The Morgan fingerprint density at radius 2 is 1.30 bits per heavy atom. The molecule has 43 heavy (non-hydrogen) atoms. The van der Waals surface area contributed by atoms with E-state index in [1.165, 1.54) is 0 Å². The van der Waals surface area contributed by atoms with Crippen LogP contribution in [0.5, 0.6) is 17.2 Å². The van der Waals surface area contributed by atoms with Gasteiger partial charge in [0.15, 0.2) is 17.3 Å². The van der Waals surface area contributed by atoms with E-state index in [0.717, 1.165) is 11.1 Å². The molecular formula is C34H33O8P. The predicted octanol–water partition coefficient (Wildman–Crippen LogP) is 7.69. The summed E-state index contributed by atoms with van der Waals surface area (Å²) in [5.41, 5.74) is 2.11. The first kappa shape index (κ1) is 30.1. The van der Waals surface area contributed by atoms with E-state index in [9.17, 15) is 19.1 Å². The van der Waals surface area contributed by atoms with Crippen molar-refractivity contribution in [3.63, 3.8) is 0 Å². The number of fused-ring (bicyclic) bond motifs is 1. The molecule has 0 bridgehead atoms. The molecule has 5 aromatic rings. The number of benzene rings is 4. The Morgan fingerprint density at radius 3 is 1.88 bits per heavy atom. The van der Waals surface area contributed by atoms with E-state index in [4.69, 9.17) is 18.6 Å². The zero-order chi connectivity index (χ0) is 30.5. The van der Waals surface area contributed by atoms with Crippen LogP contribution in [0.2, 0.25) is 0 Å². The van der Waals surface area contributed by atoms with Crippen LogP contribution in [0, 0.1) is 0 Å². The van der Waals surface area contributed by atoms with Crippen LogP contribution < -0.4 is 19.6 Å². The Kier molecular flexibility index (Phi) is 9.02. The highest BCUT2D eigenvalue weighted by Gasteiger charge is 2.47. The molecule has 0 saturated carbocycles. The van der Waals surface area contributed by atoms with Crippen LogP contribution >= 0.6 is 7.60 Å². The monoisotopic (exact) mass is 600 g/mol. The van der Waals surface area contributed by atoms with E-state index >= 15 is 0 Å². The van der Waals surface area contributed by atoms with Crippen LogP contribution in [-0.4, -0.2) is 15.1 Å². The van der Waals surface area contributed by atoms with Crippen molar-refractivity contribution >= 4 is 18.6 Å². The van der Waals surface area contributed by atoms with Crippen molar-refractivity contribution < 1.29 is 33.0 Å². The molecule has 0 atom stereocenters. The molecule has 0 spiro atoms. The van der Waals surface area contributed by atoms with Crippen molar-refractivity contribution in [1.29, 1.82) is 0 Å². The first-order valence-electron chi connectivity index (χ1n) is 14.0. The zero-order valence-corrected chi connectivity index (χ0v) is 24.8. The Labute approximate surface area is 249 Å². The minimum absolute atomic E-state index is 0.0302. The first-order valence-corrected chi connectivity index (χ1v) is 15.6. The van der Waals surface area contributed by atoms with Gasteiger partial charge in [0.1, 0.15) is 18.8 Å². The Morgan fingerprint density at radius 1 is 0.744 bits per heavy atom. The first-order chi connectivity index (χ1) is 20.7. The molecular weight excluding hydrogens is 567 g/mol. The van der Waals surface area contributed by atoms with Gasteiger partial charge in [0, 0.05) is 5.56 Å². The molecule has 8 nitrogen and oxygen atoms in total. The van der Waals surface area contributed by atoms with Gasteiger partial charge in [-0.15, -0.1) is 0 Å². The van der Waals surface area contributed by atoms with Crippen LogP contribution in [0.4, 0.5) is 0 Å². The van der Waals surface area contributed by atoms with Gasteiger partial charge < -0.3 is 28.4 Å². The summed E-state index contributed by atoms with van der Waals surface area (Å²) in [5.74, 6) is 0.618. The maximum atomic E-state index is 13.8. The standard InChI is InChI=1S/C34H33O8P/c1-3-34(4-2,43(36,37)38)42-33-31(35)27-17-11-12-18-28(27)41-32(33)26-19-20-29(39-22-24-13-7-5-8-14-24)30(21-26)40-23-25-15-9-6-10-16-25/h5-21H,3-4,22-23H2,1-2H3,(H2,36,37,38). The van der Waals surface area contributed by atoms with Gasteiger partial charge in [0.2, 0.25) is 16.5 Å². The highest BCUT2D eigenvalue weighted by molar-refractivity contribution is 7.53. The fourth-order valence-corrected chi connectivity index (χ4v) is 5.85. The summed E-state index contributed by atoms with van der Waals surface area (Å²) < 4.78 is 37.3. The van der Waals surface area contributed by atoms with Gasteiger partial charge in [0.25, 0.3) is 0 Å². The minimum atomic E-state index is -4.81. The van der Waals surface area contributed by atoms with Crippen molar-refractivity contribution in [2.45, 2.75) is 45.2 Å². The molecule has 1 aromatic heterocycles. The smallest absolute Gasteiger partial charge is 0.368 e. The van der Waals surface area contributed by atoms with E-state index in [1.807, 2.05) is 60.7 Å². The average Bonchev–Trinajstić information content (AvgIpc) is 3.03. The molecule has 0 saturated heterocycles. The lowest BCUT2D eigenvalue weighted by Crippen LogP contribution is -2.36. The van der Waals surface area contributed by atoms with E-state index in [1.54, 1.807) is 56.3 Å². The van der Waals surface area contributed by atoms with Gasteiger partial charge in [-0.3, -0.25) is 9.36 Å². The van der Waals surface area contributed by atoms with Crippen molar-refractivity contribution in [3.8, 4) is 28.6 Å². The Hall–Kier alpha value is -4.36. The third-order valence-electron chi connectivity index (χ3n) is 7.36. The number of hydrogen-bond donors (Lipinski definition) is 2. The molecule has 0 unspecified atom stereocenters. The zero-order valence-electron chi connectivity index (χ0n) is 23.9. The second-order valence-corrected chi connectivity index (χ2v) is 12.0. The maximum Gasteiger partial charge on any atom is 0.368 e. The molecule has 9 heteroatoms. The summed E-state index contributed by atoms with van der Waals surface area (Å²) in [6.07, 6.45) is -0.0611. The fourth-order valence-electron chi connectivity index (χ4n) is 4.82. The van der Waals surface area contributed by atoms with Crippen molar-refractivity contribution in [2.24, 2.45) is 0 Å². The van der Waals surface area contributed by atoms with Crippen molar-refractivity contribution in [1.82, 2.24) is 0 Å². The topological polar surface area (TPSA) is 115 Å². The molecule has 2 N–H and O–H groups in total. The highest BCUT2D eigenvalue weighted by Crippen LogP contribution is 2.55. The summed E-state index contributed by atoms with van der Waals surface area (Å²) in [6.45, 7) is 3.78. The summed E-state index contributed by atoms with van der Waals surface area (Å²) in [7, 11) is -4.81. The predicted molar refractivity (Wildman–Crippen MR) is 165 cm³/mol. The SMILES string of the molecule is CCC(CC)(Oc1c(-c2ccc(OCc3ccccc3)c(OCc3ccccc3)c2)oc2ccccc2c1=O)P(=O)(O)O. The molecule has 0 radical (unpaired) electrons. The van der Waals surface area contributed by atoms with E-state index < -0.39 is 18.4 Å². The van der Waals surface area contributed by atoms with Gasteiger partial charge in [0.05, 0.1) is 5.39 Å². The van der Waals surface area contributed by atoms with Crippen molar-refractivity contribution in [2.75, 3.05) is 0 Å². The molecule has 5 rings (SSSR count). The summed E-state index contributed by atoms with van der Waals surface area (Å²) in [5, 5.41) is -1.68. The van der Waals surface area contributed by atoms with Gasteiger partial charge in [-0.1, -0.05) is 86.6 Å². The number of rotatable bonds is 12. The third-order valence-corrected chi connectivity index (χ3v) is 9.15. The van der Waals surface area contributed by atoms with Crippen LogP contribution in [0.1, 0.15) is 37.8 Å². The molecule has 0 aliphatic carbocycles. The van der Waals surface area contributed by atoms with Gasteiger partial charge in [-0.25, -0.2) is 0 Å². The summed E-state index contributed by atoms with van der Waals surface area (Å²) in [6, 6.07) is 31.1. The largest absolute Gasteiger partial charge is 0.485 e. The Balaban J connectivity index is 1.63. The second-order valence-electron chi connectivity index (χ2n) is 10.1. The third kappa shape index (κ3) is 6.52. The summed E-state index contributed by atoms with van der Waals surface area (Å²) >= 11 is 0. The molecule has 0 aliphatic rings. The number of hydrogen-bond acceptors (Lipinski definition) is 6. The molecule has 0 amide bonds. The van der Waals surface area contributed by atoms with Gasteiger partial charge in [-0.05, 0) is 54.3 Å². The lowest BCUT2D eigenvalue weighted by Gasteiger charge is -2.33. The van der Waals surface area contributed by atoms with Gasteiger partial charge >= 0.3 is 7.60 Å². The molecule has 0 aliphatic heterocycles. The number of ether oxygens (including phenoxy) is 3. The quantitative estimate of drug-likeness (QED) is 0.140. The molecule has 1 heterocycles. The van der Waals surface area contributed by atoms with Crippen LogP contribution in [0.15, 0.2) is 112 Å². The second kappa shape index (κ2) is 12.9. The number of para-hydroxylation sites is 1. The molecule has 222 valence electrons. The summed E-state index contributed by atoms with van der Waals surface area (Å²) in [4.78, 5) is 34.4. The van der Waals surface area contributed by atoms with E-state index in [-0.39, 0.29) is 36.3 Å². The van der Waals surface area contributed by atoms with E-state index in [0.29, 0.717) is 29.3 Å². The lowest BCUT2D eigenvalue weighted by molar-refractivity contribution is 0.106. The lowest BCUT2D eigenvalue weighted by atomic mass is 10.1. The van der Waals surface area contributed by atoms with E-state index in [2.05, 4.69) is 0 Å².